The van der Waals surface area contributed by atoms with Gasteiger partial charge in [-0.15, -0.1) is 5.92 Å². The first kappa shape index (κ1) is 26.7. The average Bonchev–Trinajstić information content (AvgIpc) is 3.30. The fraction of sp³-hybridized carbons (Fsp3) is 0.481. The van der Waals surface area contributed by atoms with Gasteiger partial charge in [0.1, 0.15) is 0 Å². The third-order valence-corrected chi connectivity index (χ3v) is 5.60. The van der Waals surface area contributed by atoms with Crippen LogP contribution in [0.15, 0.2) is 35.5 Å². The van der Waals surface area contributed by atoms with E-state index in [1.54, 1.807) is 0 Å². The Kier molecular flexibility index (Phi) is 10.7. The van der Waals surface area contributed by atoms with Gasteiger partial charge in [0.05, 0.1) is 27.6 Å². The number of hydrogen-bond donors (Lipinski definition) is 0. The third kappa shape index (κ3) is 5.88. The molecule has 3 aromatic rings. The third-order valence-electron chi connectivity index (χ3n) is 5.25. The van der Waals surface area contributed by atoms with E-state index in [9.17, 15) is 0 Å². The topological polar surface area (TPSA) is 38.4 Å². The van der Waals surface area contributed by atoms with Crippen LogP contribution in [0.3, 0.4) is 0 Å². The van der Waals surface area contributed by atoms with Crippen molar-refractivity contribution < 1.29 is 0 Å². The summed E-state index contributed by atoms with van der Waals surface area (Å²) in [4.78, 5) is 12.2. The molecule has 0 bridgehead atoms. The number of nitrogens with zero attached hydrogens (tertiary/aromatic N) is 5. The van der Waals surface area contributed by atoms with Gasteiger partial charge in [-0.25, -0.2) is 9.97 Å². The first-order valence-electron chi connectivity index (χ1n) is 12.1. The van der Waals surface area contributed by atoms with Gasteiger partial charge in [-0.2, -0.15) is 0 Å². The summed E-state index contributed by atoms with van der Waals surface area (Å²) in [7, 11) is 0. The van der Waals surface area contributed by atoms with Crippen molar-refractivity contribution in [3.05, 3.63) is 46.9 Å². The molecule has 33 heavy (non-hydrogen) atoms. The zero-order valence-electron chi connectivity index (χ0n) is 21.2. The van der Waals surface area contributed by atoms with Crippen LogP contribution in [0.5, 0.6) is 0 Å². The maximum Gasteiger partial charge on any atom is 0.221 e. The van der Waals surface area contributed by atoms with Crippen molar-refractivity contribution in [1.82, 2.24) is 23.8 Å². The first-order valence-corrected chi connectivity index (χ1v) is 12.5. The zero-order valence-corrected chi connectivity index (χ0v) is 22.0. The molecule has 0 aliphatic rings. The molecule has 178 valence electrons. The molecule has 3 aromatic heterocycles. The fourth-order valence-corrected chi connectivity index (χ4v) is 4.26. The number of halogens is 1. The summed E-state index contributed by atoms with van der Waals surface area (Å²) in [5.41, 5.74) is 4.88. The second kappa shape index (κ2) is 13.2. The highest BCUT2D eigenvalue weighted by molar-refractivity contribution is 6.36. The maximum atomic E-state index is 6.72. The molecule has 6 heteroatoms. The van der Waals surface area contributed by atoms with Crippen molar-refractivity contribution in [2.45, 2.75) is 74.3 Å². The number of pyridine rings is 1. The number of hydrogen-bond acceptors (Lipinski definition) is 3. The Morgan fingerprint density at radius 3 is 2.48 bits per heavy atom. The Labute approximate surface area is 204 Å². The molecule has 0 atom stereocenters. The highest BCUT2D eigenvalue weighted by Gasteiger charge is 2.23. The molecule has 0 spiro atoms. The summed E-state index contributed by atoms with van der Waals surface area (Å²) in [6.45, 7) is 17.4. The van der Waals surface area contributed by atoms with Crippen LogP contribution in [-0.4, -0.2) is 36.9 Å². The molecule has 0 fully saturated rings. The van der Waals surface area contributed by atoms with Gasteiger partial charge in [0.15, 0.2) is 5.65 Å². The highest BCUT2D eigenvalue weighted by atomic mass is 35.5. The van der Waals surface area contributed by atoms with E-state index in [-0.39, 0.29) is 0 Å². The van der Waals surface area contributed by atoms with E-state index in [0.29, 0.717) is 5.03 Å². The monoisotopic (exact) mass is 467 g/mol. The first-order chi connectivity index (χ1) is 16.1. The summed E-state index contributed by atoms with van der Waals surface area (Å²) < 4.78 is 4.27. The quantitative estimate of drug-likeness (QED) is 0.250. The number of allylic oxidation sites excluding steroid dienone is 4. The molecule has 0 radical (unpaired) electrons. The van der Waals surface area contributed by atoms with E-state index in [1.807, 2.05) is 49.8 Å². The van der Waals surface area contributed by atoms with Crippen LogP contribution in [0, 0.1) is 18.8 Å². The molecule has 0 saturated heterocycles. The van der Waals surface area contributed by atoms with E-state index in [4.69, 9.17) is 21.6 Å². The van der Waals surface area contributed by atoms with Crippen molar-refractivity contribution in [2.75, 3.05) is 13.1 Å². The fourth-order valence-electron chi connectivity index (χ4n) is 3.97. The van der Waals surface area contributed by atoms with Gasteiger partial charge in [-0.3, -0.25) is 13.9 Å². The van der Waals surface area contributed by atoms with Crippen molar-refractivity contribution in [3.63, 3.8) is 0 Å². The molecule has 0 aliphatic carbocycles. The van der Waals surface area contributed by atoms with E-state index in [0.717, 1.165) is 67.2 Å². The number of imidazole rings is 2. The minimum Gasteiger partial charge on any atom is -0.298 e. The van der Waals surface area contributed by atoms with Crippen molar-refractivity contribution in [3.8, 4) is 11.8 Å². The molecular weight excluding hydrogens is 430 g/mol. The predicted octanol–water partition coefficient (Wildman–Crippen LogP) is 7.04. The van der Waals surface area contributed by atoms with Crippen molar-refractivity contribution in [2.24, 2.45) is 0 Å². The summed E-state index contributed by atoms with van der Waals surface area (Å²) in [5, 5.41) is 0.649. The Hall–Kier alpha value is -2.55. The SMILES string of the molecule is CC.CC#C/C=C(\C(Cl)=C/CC)n1c2ncccc2n2c(CN(CCC)CCC)c(C)nc12. The normalized spacial score (nSPS) is 12.2. The van der Waals surface area contributed by atoms with Gasteiger partial charge < -0.3 is 0 Å². The molecule has 0 N–H and O–H groups in total. The molecule has 0 aromatic carbocycles. The second-order valence-corrected chi connectivity index (χ2v) is 8.03. The highest BCUT2D eigenvalue weighted by Crippen LogP contribution is 2.31. The lowest BCUT2D eigenvalue weighted by atomic mass is 10.2. The Morgan fingerprint density at radius 2 is 1.88 bits per heavy atom. The number of aryl methyl sites for hydroxylation is 1. The molecule has 0 aliphatic heterocycles. The van der Waals surface area contributed by atoms with Crippen LogP contribution < -0.4 is 0 Å². The molecule has 3 rings (SSSR count). The maximum absolute atomic E-state index is 6.72. The molecule has 0 saturated carbocycles. The van der Waals surface area contributed by atoms with E-state index in [1.165, 1.54) is 5.69 Å². The molecular formula is C27H38ClN5. The minimum absolute atomic E-state index is 0.649. The van der Waals surface area contributed by atoms with Crippen molar-refractivity contribution >= 4 is 34.2 Å². The Bertz CT molecular complexity index is 1160. The lowest BCUT2D eigenvalue weighted by Gasteiger charge is -2.20. The van der Waals surface area contributed by atoms with Crippen LogP contribution in [0.1, 0.15) is 72.2 Å². The van der Waals surface area contributed by atoms with E-state index >= 15 is 0 Å². The largest absolute Gasteiger partial charge is 0.298 e. The minimum atomic E-state index is 0.649. The van der Waals surface area contributed by atoms with Gasteiger partial charge in [0, 0.05) is 18.8 Å². The van der Waals surface area contributed by atoms with Gasteiger partial charge in [-0.05, 0) is 58.3 Å². The average molecular weight is 468 g/mol. The van der Waals surface area contributed by atoms with Crippen LogP contribution in [0.4, 0.5) is 0 Å². The molecule has 5 nitrogen and oxygen atoms in total. The second-order valence-electron chi connectivity index (χ2n) is 7.62. The number of fused-ring (bicyclic) bond motifs is 3. The summed E-state index contributed by atoms with van der Waals surface area (Å²) in [6.07, 6.45) is 8.75. The van der Waals surface area contributed by atoms with Gasteiger partial charge in [0.25, 0.3) is 0 Å². The lowest BCUT2D eigenvalue weighted by molar-refractivity contribution is 0.262. The summed E-state index contributed by atoms with van der Waals surface area (Å²) >= 11 is 6.72. The molecule has 3 heterocycles. The van der Waals surface area contributed by atoms with E-state index in [2.05, 4.69) is 54.9 Å². The van der Waals surface area contributed by atoms with Gasteiger partial charge in [0.2, 0.25) is 5.78 Å². The van der Waals surface area contributed by atoms with Crippen LogP contribution in [-0.2, 0) is 6.54 Å². The van der Waals surface area contributed by atoms with Crippen molar-refractivity contribution in [1.29, 1.82) is 0 Å². The van der Waals surface area contributed by atoms with Gasteiger partial charge in [-0.1, -0.05) is 58.2 Å². The lowest BCUT2D eigenvalue weighted by Crippen LogP contribution is -2.26. The number of rotatable bonds is 9. The summed E-state index contributed by atoms with van der Waals surface area (Å²) in [6, 6.07) is 4.07. The van der Waals surface area contributed by atoms with Crippen LogP contribution in [0.25, 0.3) is 22.6 Å². The standard InChI is InChI=1S/C25H32ClN5.C2H6/c1-6-10-13-21(20(26)12-7-2)31-24-22(14-11-15-27-24)30-23(19(5)28-25(30)31)18-29(16-8-3)17-9-4;1-2/h11-15H,7-9,16-18H2,1-5H3;1-2H3/b20-12+,21-13+;. The number of aromatic nitrogens is 4. The molecule has 0 unspecified atom stereocenters. The Balaban J connectivity index is 0.00000187. The van der Waals surface area contributed by atoms with E-state index < -0.39 is 0 Å². The van der Waals surface area contributed by atoms with Crippen LogP contribution >= 0.6 is 11.6 Å². The zero-order chi connectivity index (χ0) is 24.4. The molecule has 0 amide bonds. The van der Waals surface area contributed by atoms with Gasteiger partial charge >= 0.3 is 0 Å². The smallest absolute Gasteiger partial charge is 0.221 e. The van der Waals surface area contributed by atoms with Crippen LogP contribution in [0.2, 0.25) is 0 Å². The Morgan fingerprint density at radius 1 is 1.18 bits per heavy atom. The summed E-state index contributed by atoms with van der Waals surface area (Å²) in [5.74, 6) is 6.83. The predicted molar refractivity (Wildman–Crippen MR) is 142 cm³/mol.